The predicted octanol–water partition coefficient (Wildman–Crippen LogP) is 3.44. The van der Waals surface area contributed by atoms with Crippen LogP contribution < -0.4 is 5.32 Å². The van der Waals surface area contributed by atoms with E-state index in [1.54, 1.807) is 0 Å². The fourth-order valence-electron chi connectivity index (χ4n) is 2.72. The molecule has 2 nitrogen and oxygen atoms in total. The molecule has 1 unspecified atom stereocenters. The third-order valence-electron chi connectivity index (χ3n) is 3.94. The van der Waals surface area contributed by atoms with E-state index in [2.05, 4.69) is 5.32 Å². The number of rotatable bonds is 1. The average molecular weight is 254 g/mol. The maximum atomic E-state index is 10.3. The van der Waals surface area contributed by atoms with Gasteiger partial charge in [0.25, 0.3) is 0 Å². The third-order valence-corrected chi connectivity index (χ3v) is 4.51. The molecular formula is C14H20ClNO. The number of aromatic hydroxyl groups is 1. The molecule has 0 aliphatic carbocycles. The summed E-state index contributed by atoms with van der Waals surface area (Å²) in [5.74, 6) is 0.832. The van der Waals surface area contributed by atoms with Crippen LogP contribution in [-0.2, 0) is 0 Å². The molecule has 1 fully saturated rings. The second kappa shape index (κ2) is 4.87. The Hall–Kier alpha value is -0.730. The monoisotopic (exact) mass is 253 g/mol. The van der Waals surface area contributed by atoms with E-state index in [0.717, 1.165) is 53.2 Å². The molecule has 2 rings (SSSR count). The summed E-state index contributed by atoms with van der Waals surface area (Å²) in [6.07, 6.45) is 2.29. The molecule has 1 aromatic carbocycles. The molecule has 94 valence electrons. The molecular weight excluding hydrogens is 234 g/mol. The van der Waals surface area contributed by atoms with E-state index in [9.17, 15) is 5.11 Å². The highest BCUT2D eigenvalue weighted by molar-refractivity contribution is 6.32. The highest BCUT2D eigenvalue weighted by Crippen LogP contribution is 2.40. The van der Waals surface area contributed by atoms with E-state index < -0.39 is 0 Å². The van der Waals surface area contributed by atoms with Crippen LogP contribution in [-0.4, -0.2) is 18.2 Å². The van der Waals surface area contributed by atoms with Gasteiger partial charge in [0.2, 0.25) is 0 Å². The minimum absolute atomic E-state index is 0.389. The van der Waals surface area contributed by atoms with Crippen molar-refractivity contribution in [2.75, 3.05) is 13.1 Å². The maximum absolute atomic E-state index is 10.3. The molecule has 0 saturated carbocycles. The topological polar surface area (TPSA) is 32.3 Å². The van der Waals surface area contributed by atoms with E-state index in [0.29, 0.717) is 11.7 Å². The minimum Gasteiger partial charge on any atom is -0.507 e. The maximum Gasteiger partial charge on any atom is 0.122 e. The molecule has 0 bridgehead atoms. The molecule has 1 atom stereocenters. The molecule has 0 amide bonds. The first-order chi connectivity index (χ1) is 8.04. The van der Waals surface area contributed by atoms with E-state index in [4.69, 9.17) is 11.6 Å². The van der Waals surface area contributed by atoms with Crippen LogP contribution in [0.4, 0.5) is 0 Å². The highest BCUT2D eigenvalue weighted by Gasteiger charge is 2.24. The van der Waals surface area contributed by atoms with Crippen molar-refractivity contribution >= 4 is 11.6 Å². The molecule has 2 N–H and O–H groups in total. The van der Waals surface area contributed by atoms with E-state index >= 15 is 0 Å². The smallest absolute Gasteiger partial charge is 0.122 e. The fraction of sp³-hybridized carbons (Fsp3) is 0.571. The first-order valence-electron chi connectivity index (χ1n) is 6.22. The quantitative estimate of drug-likeness (QED) is 0.804. The summed E-state index contributed by atoms with van der Waals surface area (Å²) in [7, 11) is 0. The molecule has 0 spiro atoms. The van der Waals surface area contributed by atoms with Crippen molar-refractivity contribution in [1.82, 2.24) is 5.32 Å². The lowest BCUT2D eigenvalue weighted by atomic mass is 9.85. The Morgan fingerprint density at radius 2 is 1.88 bits per heavy atom. The Kier molecular flexibility index (Phi) is 3.64. The van der Waals surface area contributed by atoms with Crippen LogP contribution in [0.25, 0.3) is 0 Å². The molecule has 3 heteroatoms. The van der Waals surface area contributed by atoms with E-state index in [1.807, 2.05) is 20.8 Å². The molecule has 1 aliphatic rings. The lowest BCUT2D eigenvalue weighted by Gasteiger charge is -2.27. The van der Waals surface area contributed by atoms with Crippen LogP contribution in [0.5, 0.6) is 5.75 Å². The molecule has 0 radical (unpaired) electrons. The summed E-state index contributed by atoms with van der Waals surface area (Å²) in [6, 6.07) is 0. The van der Waals surface area contributed by atoms with Crippen molar-refractivity contribution in [1.29, 1.82) is 0 Å². The number of hydrogen-bond donors (Lipinski definition) is 2. The molecule has 1 aromatic rings. The molecule has 0 aromatic heterocycles. The summed E-state index contributed by atoms with van der Waals surface area (Å²) in [5, 5.41) is 14.5. The van der Waals surface area contributed by atoms with Crippen LogP contribution >= 0.6 is 11.6 Å². The molecule has 1 aliphatic heterocycles. The fourth-order valence-corrected chi connectivity index (χ4v) is 2.96. The summed E-state index contributed by atoms with van der Waals surface area (Å²) in [4.78, 5) is 0. The van der Waals surface area contributed by atoms with Gasteiger partial charge in [-0.25, -0.2) is 0 Å². The minimum atomic E-state index is 0.389. The van der Waals surface area contributed by atoms with Crippen molar-refractivity contribution in [2.45, 2.75) is 39.5 Å². The number of phenols is 1. The summed E-state index contributed by atoms with van der Waals surface area (Å²) in [5.41, 5.74) is 4.00. The average Bonchev–Trinajstić information content (AvgIpc) is 2.36. The van der Waals surface area contributed by atoms with E-state index in [1.165, 1.54) is 0 Å². The SMILES string of the molecule is Cc1c(C)c(Cl)c(C)c(C2CCCNC2)c1O. The van der Waals surface area contributed by atoms with Gasteiger partial charge in [-0.05, 0) is 56.8 Å². The largest absolute Gasteiger partial charge is 0.507 e. The normalized spacial score (nSPS) is 20.6. The first kappa shape index (κ1) is 12.7. The summed E-state index contributed by atoms with van der Waals surface area (Å²) in [6.45, 7) is 7.93. The van der Waals surface area contributed by atoms with Gasteiger partial charge in [0, 0.05) is 23.0 Å². The Morgan fingerprint density at radius 1 is 1.18 bits per heavy atom. The number of hydrogen-bond acceptors (Lipinski definition) is 2. The van der Waals surface area contributed by atoms with Gasteiger partial charge in [-0.2, -0.15) is 0 Å². The van der Waals surface area contributed by atoms with Crippen LogP contribution in [0, 0.1) is 20.8 Å². The lowest BCUT2D eigenvalue weighted by molar-refractivity contribution is 0.421. The predicted molar refractivity (Wildman–Crippen MR) is 72.2 cm³/mol. The van der Waals surface area contributed by atoms with Gasteiger partial charge in [-0.3, -0.25) is 0 Å². The highest BCUT2D eigenvalue weighted by atomic mass is 35.5. The van der Waals surface area contributed by atoms with Gasteiger partial charge >= 0.3 is 0 Å². The van der Waals surface area contributed by atoms with Gasteiger partial charge in [0.15, 0.2) is 0 Å². The second-order valence-electron chi connectivity index (χ2n) is 4.99. The van der Waals surface area contributed by atoms with Gasteiger partial charge in [0.1, 0.15) is 5.75 Å². The van der Waals surface area contributed by atoms with Gasteiger partial charge in [-0.15, -0.1) is 0 Å². The zero-order chi connectivity index (χ0) is 12.6. The van der Waals surface area contributed by atoms with Gasteiger partial charge in [0.05, 0.1) is 0 Å². The summed E-state index contributed by atoms with van der Waals surface area (Å²) >= 11 is 6.35. The number of halogens is 1. The van der Waals surface area contributed by atoms with Crippen molar-refractivity contribution < 1.29 is 5.11 Å². The van der Waals surface area contributed by atoms with Crippen LogP contribution in [0.2, 0.25) is 5.02 Å². The van der Waals surface area contributed by atoms with Crippen molar-refractivity contribution in [3.8, 4) is 5.75 Å². The third kappa shape index (κ3) is 2.16. The van der Waals surface area contributed by atoms with Crippen molar-refractivity contribution in [2.24, 2.45) is 0 Å². The Morgan fingerprint density at radius 3 is 2.47 bits per heavy atom. The van der Waals surface area contributed by atoms with Gasteiger partial charge < -0.3 is 10.4 Å². The Balaban J connectivity index is 2.52. The zero-order valence-electron chi connectivity index (χ0n) is 10.7. The standard InChI is InChI=1S/C14H20ClNO/c1-8-9(2)14(17)12(10(3)13(8)15)11-5-4-6-16-7-11/h11,16-17H,4-7H2,1-3H3. The molecule has 17 heavy (non-hydrogen) atoms. The van der Waals surface area contributed by atoms with Gasteiger partial charge in [-0.1, -0.05) is 11.6 Å². The zero-order valence-corrected chi connectivity index (χ0v) is 11.5. The van der Waals surface area contributed by atoms with E-state index in [-0.39, 0.29) is 0 Å². The first-order valence-corrected chi connectivity index (χ1v) is 6.60. The number of nitrogens with one attached hydrogen (secondary N) is 1. The summed E-state index contributed by atoms with van der Waals surface area (Å²) < 4.78 is 0. The molecule has 1 saturated heterocycles. The second-order valence-corrected chi connectivity index (χ2v) is 5.37. The number of phenolic OH excluding ortho intramolecular Hbond substituents is 1. The molecule has 1 heterocycles. The number of piperidine rings is 1. The number of benzene rings is 1. The van der Waals surface area contributed by atoms with Crippen molar-refractivity contribution in [3.63, 3.8) is 0 Å². The van der Waals surface area contributed by atoms with Crippen LogP contribution in [0.15, 0.2) is 0 Å². The van der Waals surface area contributed by atoms with Crippen LogP contribution in [0.1, 0.15) is 41.0 Å². The Labute approximate surface area is 108 Å². The van der Waals surface area contributed by atoms with Crippen molar-refractivity contribution in [3.05, 3.63) is 27.3 Å². The Bertz CT molecular complexity index is 407. The van der Waals surface area contributed by atoms with Crippen LogP contribution in [0.3, 0.4) is 0 Å². The lowest BCUT2D eigenvalue weighted by Crippen LogP contribution is -2.29.